The molecule has 0 unspecified atom stereocenters. The van der Waals surface area contributed by atoms with Gasteiger partial charge in [-0.05, 0) is 250 Å². The number of nitrogens with zero attached hydrogens (tertiary/aromatic N) is 2. The fourth-order valence-corrected chi connectivity index (χ4v) is 7.56. The minimum absolute atomic E-state index is 0.465. The first-order valence-corrected chi connectivity index (χ1v) is 34.3. The van der Waals surface area contributed by atoms with Crippen molar-refractivity contribution in [2.24, 2.45) is 91.7 Å². The lowest BCUT2D eigenvalue weighted by molar-refractivity contribution is 0.572. The van der Waals surface area contributed by atoms with E-state index in [4.69, 9.17) is 108 Å². The number of aromatic nitrogens is 2. The molecule has 0 atom stereocenters. The van der Waals surface area contributed by atoms with Gasteiger partial charge in [0.25, 0.3) is 0 Å². The number of hydrogen-bond donors (Lipinski definition) is 18. The molecular weight excluding hydrogens is 1090 g/mol. The molecule has 0 amide bonds. The zero-order valence-electron chi connectivity index (χ0n) is 56.1. The molecule has 0 saturated carbocycles. The summed E-state index contributed by atoms with van der Waals surface area (Å²) in [5.41, 5.74) is 98.7. The maximum Gasteiger partial charge on any atom is 0.248 e. The molecular formula is C66H148N20O. The number of rotatable bonds is 46. The van der Waals surface area contributed by atoms with Gasteiger partial charge in [0.2, 0.25) is 11.8 Å². The van der Waals surface area contributed by atoms with Gasteiger partial charge in [-0.15, -0.1) is 10.2 Å². The predicted octanol–water partition coefficient (Wildman–Crippen LogP) is 7.84. The second-order valence-corrected chi connectivity index (χ2v) is 21.5. The second-order valence-electron chi connectivity index (χ2n) is 21.5. The maximum absolute atomic E-state index is 5.64. The Morgan fingerprint density at radius 1 is 0.184 bits per heavy atom. The zero-order chi connectivity index (χ0) is 66.0. The lowest BCUT2D eigenvalue weighted by Crippen LogP contribution is -2.06. The highest BCUT2D eigenvalue weighted by Gasteiger charge is 2.10. The number of nitrogen functional groups attached to an aromatic ring is 2. The quantitative estimate of drug-likeness (QED) is 0.0189. The van der Waals surface area contributed by atoms with Crippen LogP contribution in [0.5, 0.6) is 0 Å². The predicted molar refractivity (Wildman–Crippen MR) is 385 cm³/mol. The van der Waals surface area contributed by atoms with Crippen molar-refractivity contribution in [3.63, 3.8) is 0 Å². The first-order valence-electron chi connectivity index (χ1n) is 34.3. The molecule has 21 heteroatoms. The van der Waals surface area contributed by atoms with Crippen molar-refractivity contribution in [2.45, 2.75) is 231 Å². The maximum atomic E-state index is 5.64. The Labute approximate surface area is 534 Å². The first kappa shape index (κ1) is 94.7. The van der Waals surface area contributed by atoms with Crippen LogP contribution in [-0.4, -0.2) is 115 Å². The van der Waals surface area contributed by atoms with Gasteiger partial charge in [-0.3, -0.25) is 0 Å². The van der Waals surface area contributed by atoms with E-state index in [1.54, 1.807) is 24.3 Å². The monoisotopic (exact) mass is 1240 g/mol. The normalized spacial score (nSPS) is 10.0. The van der Waals surface area contributed by atoms with Gasteiger partial charge in [0.1, 0.15) is 0 Å². The van der Waals surface area contributed by atoms with E-state index >= 15 is 0 Å². The molecule has 0 saturated heterocycles. The zero-order valence-corrected chi connectivity index (χ0v) is 56.1. The number of nitrogens with two attached hydrogens (primary N) is 18. The van der Waals surface area contributed by atoms with Gasteiger partial charge < -0.3 is 108 Å². The lowest BCUT2D eigenvalue weighted by atomic mass is 10.1. The molecule has 21 nitrogen and oxygen atoms in total. The Balaban J connectivity index is -0.000000219. The van der Waals surface area contributed by atoms with Crippen molar-refractivity contribution >= 4 is 11.4 Å². The van der Waals surface area contributed by atoms with Gasteiger partial charge in [-0.1, -0.05) is 135 Å². The number of hydrogen-bond acceptors (Lipinski definition) is 21. The van der Waals surface area contributed by atoms with E-state index in [1.165, 1.54) is 186 Å². The topological polar surface area (TPSA) is 507 Å². The Hall–Kier alpha value is -3.46. The minimum Gasteiger partial charge on any atom is -0.416 e. The van der Waals surface area contributed by atoms with Crippen LogP contribution in [0.4, 0.5) is 11.4 Å². The van der Waals surface area contributed by atoms with E-state index in [-0.39, 0.29) is 0 Å². The van der Waals surface area contributed by atoms with Gasteiger partial charge in [0.05, 0.1) is 0 Å². The average Bonchev–Trinajstić information content (AvgIpc) is 3.03. The van der Waals surface area contributed by atoms with Gasteiger partial charge in [-0.2, -0.15) is 0 Å². The summed E-state index contributed by atoms with van der Waals surface area (Å²) in [6, 6.07) is 14.5. The molecule has 0 aliphatic heterocycles. The SMILES string of the molecule is NCCCCCCCCCCN.NCCCCCCCCCN.NCCCCCCCCN.NCCCCCCCN.NCCCCCCN.NCCCCCN.NCCCCN.NCCCN.Nc1ccc(-c2nnc(-c3ccc(N)cc3)o2)cc1. The Morgan fingerprint density at radius 2 is 0.310 bits per heavy atom. The largest absolute Gasteiger partial charge is 0.416 e. The highest BCUT2D eigenvalue weighted by Crippen LogP contribution is 2.25. The molecule has 3 aromatic rings. The third-order valence-corrected chi connectivity index (χ3v) is 13.0. The van der Waals surface area contributed by atoms with Crippen LogP contribution < -0.4 is 103 Å². The molecule has 0 aliphatic rings. The molecule has 36 N–H and O–H groups in total. The third kappa shape index (κ3) is 89.1. The molecule has 518 valence electrons. The molecule has 2 aromatic carbocycles. The van der Waals surface area contributed by atoms with Crippen LogP contribution in [0.15, 0.2) is 52.9 Å². The van der Waals surface area contributed by atoms with E-state index in [0.29, 0.717) is 23.2 Å². The first-order chi connectivity index (χ1) is 42.5. The molecule has 0 fully saturated rings. The number of benzene rings is 2. The summed E-state index contributed by atoms with van der Waals surface area (Å²) in [6.45, 7) is 13.0. The molecule has 0 spiro atoms. The van der Waals surface area contributed by atoms with Crippen molar-refractivity contribution in [1.29, 1.82) is 0 Å². The van der Waals surface area contributed by atoms with Gasteiger partial charge in [0.15, 0.2) is 0 Å². The summed E-state index contributed by atoms with van der Waals surface area (Å²) in [4.78, 5) is 0. The van der Waals surface area contributed by atoms with Crippen LogP contribution in [0.3, 0.4) is 0 Å². The summed E-state index contributed by atoms with van der Waals surface area (Å²) in [6.07, 6.45) is 44.7. The Kier molecular flexibility index (Phi) is 99.3. The van der Waals surface area contributed by atoms with E-state index in [2.05, 4.69) is 10.2 Å². The highest BCUT2D eigenvalue weighted by atomic mass is 16.4. The summed E-state index contributed by atoms with van der Waals surface area (Å²) in [7, 11) is 0. The molecule has 1 aromatic heterocycles. The van der Waals surface area contributed by atoms with Crippen molar-refractivity contribution < 1.29 is 4.42 Å². The van der Waals surface area contributed by atoms with E-state index in [9.17, 15) is 0 Å². The molecule has 87 heavy (non-hydrogen) atoms. The summed E-state index contributed by atoms with van der Waals surface area (Å²) < 4.78 is 5.63. The van der Waals surface area contributed by atoms with Crippen LogP contribution in [0.1, 0.15) is 231 Å². The smallest absolute Gasteiger partial charge is 0.248 e. The van der Waals surface area contributed by atoms with Gasteiger partial charge in [-0.25, -0.2) is 0 Å². The summed E-state index contributed by atoms with van der Waals surface area (Å²) in [5.74, 6) is 0.929. The van der Waals surface area contributed by atoms with Crippen molar-refractivity contribution in [3.05, 3.63) is 48.5 Å². The highest BCUT2D eigenvalue weighted by molar-refractivity contribution is 5.61. The van der Waals surface area contributed by atoms with Gasteiger partial charge >= 0.3 is 0 Å². The van der Waals surface area contributed by atoms with Crippen LogP contribution in [0.25, 0.3) is 22.9 Å². The van der Waals surface area contributed by atoms with E-state index in [0.717, 1.165) is 161 Å². The summed E-state index contributed by atoms with van der Waals surface area (Å²) >= 11 is 0. The van der Waals surface area contributed by atoms with Crippen LogP contribution in [-0.2, 0) is 0 Å². The molecule has 0 aliphatic carbocycles. The van der Waals surface area contributed by atoms with Crippen molar-refractivity contribution in [2.75, 3.05) is 116 Å². The fraction of sp³-hybridized carbons (Fsp3) is 0.788. The Bertz CT molecular complexity index is 1450. The van der Waals surface area contributed by atoms with E-state index < -0.39 is 0 Å². The number of anilines is 2. The Morgan fingerprint density at radius 3 is 0.448 bits per heavy atom. The standard InChI is InChI=1S/C14H12N4O.C10H24N2.C9H22N2.C8H20N2.C7H18N2.C6H16N2.C5H14N2.C4H12N2.C3H10N2/c15-11-5-1-9(2-6-11)13-17-18-14(19-13)10-3-7-12(16)8-4-10;11-9-7-5-3-1-2-4-6-8-10-12;10-8-6-4-2-1-3-5-7-9-11;9-7-5-3-1-2-4-6-8-10;8-6-4-2-1-3-5-7-9;7-5-3-1-2-4-6-8;6-4-2-1-3-5-7;5-3-1-2-4-6;4-2-1-3-5/h1-8H,15-16H2;1-12H2;1-11H2;1-10H2;1-9H2;1-8H2;1-7H2;1-6H2;1-5H2. The van der Waals surface area contributed by atoms with Crippen LogP contribution in [0.2, 0.25) is 0 Å². The van der Waals surface area contributed by atoms with Crippen LogP contribution >= 0.6 is 0 Å². The average molecular weight is 1240 g/mol. The van der Waals surface area contributed by atoms with Crippen molar-refractivity contribution in [1.82, 2.24) is 10.2 Å². The van der Waals surface area contributed by atoms with Crippen LogP contribution in [0, 0.1) is 0 Å². The number of unbranched alkanes of at least 4 members (excludes halogenated alkanes) is 28. The minimum atomic E-state index is 0.465. The second kappa shape index (κ2) is 91.3. The third-order valence-electron chi connectivity index (χ3n) is 13.0. The molecule has 1 heterocycles. The molecule has 0 radical (unpaired) electrons. The fourth-order valence-electron chi connectivity index (χ4n) is 7.56. The van der Waals surface area contributed by atoms with Crippen molar-refractivity contribution in [3.8, 4) is 22.9 Å². The molecule has 0 bridgehead atoms. The summed E-state index contributed by atoms with van der Waals surface area (Å²) in [5, 5.41) is 8.05. The molecule has 3 rings (SSSR count). The lowest BCUT2D eigenvalue weighted by Gasteiger charge is -2.00. The van der Waals surface area contributed by atoms with Gasteiger partial charge in [0, 0.05) is 22.5 Å². The van der Waals surface area contributed by atoms with E-state index in [1.807, 2.05) is 24.3 Å².